The molecule has 2 aromatic rings. The summed E-state index contributed by atoms with van der Waals surface area (Å²) in [5.74, 6) is 0.883. The molecule has 0 amide bonds. The predicted molar refractivity (Wildman–Crippen MR) is 86.5 cm³/mol. The van der Waals surface area contributed by atoms with E-state index in [4.69, 9.17) is 4.74 Å². The lowest BCUT2D eigenvalue weighted by atomic mass is 10.2. The standard InChI is InChI=1S/C16H19BrN2O/c1-3-15-16(8-7-12(2)19-15)20-10-9-18-14-6-4-5-13(17)11-14/h4-8,11,18H,3,9-10H2,1-2H3. The number of halogens is 1. The average Bonchev–Trinajstić information content (AvgIpc) is 2.45. The molecule has 1 heterocycles. The van der Waals surface area contributed by atoms with Crippen molar-refractivity contribution < 1.29 is 4.74 Å². The number of ether oxygens (including phenoxy) is 1. The lowest BCUT2D eigenvalue weighted by Crippen LogP contribution is -2.12. The second-order valence-electron chi connectivity index (χ2n) is 4.54. The molecule has 0 radical (unpaired) electrons. The first-order valence-electron chi connectivity index (χ1n) is 6.78. The molecular formula is C16H19BrN2O. The molecule has 1 aromatic carbocycles. The van der Waals surface area contributed by atoms with Crippen LogP contribution < -0.4 is 10.1 Å². The van der Waals surface area contributed by atoms with Gasteiger partial charge in [-0.25, -0.2) is 0 Å². The number of pyridine rings is 1. The highest BCUT2D eigenvalue weighted by molar-refractivity contribution is 9.10. The largest absolute Gasteiger partial charge is 0.490 e. The van der Waals surface area contributed by atoms with E-state index in [-0.39, 0.29) is 0 Å². The van der Waals surface area contributed by atoms with E-state index < -0.39 is 0 Å². The smallest absolute Gasteiger partial charge is 0.140 e. The molecule has 20 heavy (non-hydrogen) atoms. The molecule has 0 unspecified atom stereocenters. The van der Waals surface area contributed by atoms with Crippen LogP contribution in [0, 0.1) is 6.92 Å². The molecule has 3 nitrogen and oxygen atoms in total. The maximum absolute atomic E-state index is 5.80. The fraction of sp³-hybridized carbons (Fsp3) is 0.312. The highest BCUT2D eigenvalue weighted by Crippen LogP contribution is 2.18. The van der Waals surface area contributed by atoms with E-state index in [1.807, 2.05) is 43.3 Å². The van der Waals surface area contributed by atoms with Crippen molar-refractivity contribution in [3.63, 3.8) is 0 Å². The Morgan fingerprint density at radius 3 is 2.85 bits per heavy atom. The summed E-state index contributed by atoms with van der Waals surface area (Å²) in [7, 11) is 0. The van der Waals surface area contributed by atoms with Crippen molar-refractivity contribution in [3.8, 4) is 5.75 Å². The first-order valence-corrected chi connectivity index (χ1v) is 7.57. The van der Waals surface area contributed by atoms with Crippen LogP contribution in [0.1, 0.15) is 18.3 Å². The van der Waals surface area contributed by atoms with Crippen molar-refractivity contribution in [2.45, 2.75) is 20.3 Å². The quantitative estimate of drug-likeness (QED) is 0.803. The zero-order chi connectivity index (χ0) is 14.4. The number of aryl methyl sites for hydroxylation is 2. The molecule has 0 atom stereocenters. The summed E-state index contributed by atoms with van der Waals surface area (Å²) >= 11 is 3.45. The third-order valence-corrected chi connectivity index (χ3v) is 3.41. The Bertz CT molecular complexity index is 572. The first-order chi connectivity index (χ1) is 9.69. The minimum atomic E-state index is 0.615. The second-order valence-corrected chi connectivity index (χ2v) is 5.45. The van der Waals surface area contributed by atoms with Gasteiger partial charge >= 0.3 is 0 Å². The van der Waals surface area contributed by atoms with Crippen molar-refractivity contribution >= 4 is 21.6 Å². The molecule has 1 aromatic heterocycles. The molecule has 4 heteroatoms. The van der Waals surface area contributed by atoms with E-state index in [2.05, 4.69) is 33.2 Å². The SMILES string of the molecule is CCc1nc(C)ccc1OCCNc1cccc(Br)c1. The summed E-state index contributed by atoms with van der Waals surface area (Å²) in [4.78, 5) is 4.49. The van der Waals surface area contributed by atoms with Gasteiger partial charge in [-0.2, -0.15) is 0 Å². The Hall–Kier alpha value is -1.55. The Labute approximate surface area is 128 Å². The Kier molecular flexibility index (Phi) is 5.41. The van der Waals surface area contributed by atoms with E-state index in [0.717, 1.165) is 40.3 Å². The van der Waals surface area contributed by atoms with Crippen molar-refractivity contribution in [1.82, 2.24) is 4.98 Å². The Morgan fingerprint density at radius 2 is 2.10 bits per heavy atom. The van der Waals surface area contributed by atoms with E-state index in [1.54, 1.807) is 0 Å². The molecule has 0 saturated heterocycles. The summed E-state index contributed by atoms with van der Waals surface area (Å²) in [5, 5.41) is 3.33. The zero-order valence-corrected chi connectivity index (χ0v) is 13.4. The normalized spacial score (nSPS) is 10.3. The van der Waals surface area contributed by atoms with E-state index in [9.17, 15) is 0 Å². The van der Waals surface area contributed by atoms with Crippen molar-refractivity contribution in [2.24, 2.45) is 0 Å². The van der Waals surface area contributed by atoms with E-state index >= 15 is 0 Å². The molecule has 106 valence electrons. The minimum Gasteiger partial charge on any atom is -0.490 e. The van der Waals surface area contributed by atoms with Gasteiger partial charge in [-0.1, -0.05) is 28.9 Å². The highest BCUT2D eigenvalue weighted by atomic mass is 79.9. The Balaban J connectivity index is 1.84. The Morgan fingerprint density at radius 1 is 1.25 bits per heavy atom. The summed E-state index contributed by atoms with van der Waals surface area (Å²) in [6.45, 7) is 5.46. The van der Waals surface area contributed by atoms with Crippen LogP contribution in [0.3, 0.4) is 0 Å². The minimum absolute atomic E-state index is 0.615. The van der Waals surface area contributed by atoms with Crippen LogP contribution in [-0.4, -0.2) is 18.1 Å². The van der Waals surface area contributed by atoms with E-state index in [0.29, 0.717) is 6.61 Å². The van der Waals surface area contributed by atoms with E-state index in [1.165, 1.54) is 0 Å². The van der Waals surface area contributed by atoms with Gasteiger partial charge in [0, 0.05) is 22.4 Å². The summed E-state index contributed by atoms with van der Waals surface area (Å²) in [5.41, 5.74) is 3.13. The topological polar surface area (TPSA) is 34.1 Å². The number of rotatable bonds is 6. The predicted octanol–water partition coefficient (Wildman–Crippen LogP) is 4.21. The van der Waals surface area contributed by atoms with Crippen LogP contribution >= 0.6 is 15.9 Å². The third-order valence-electron chi connectivity index (χ3n) is 2.92. The molecule has 0 aliphatic rings. The molecule has 1 N–H and O–H groups in total. The molecular weight excluding hydrogens is 316 g/mol. The van der Waals surface area contributed by atoms with Crippen LogP contribution in [0.4, 0.5) is 5.69 Å². The molecule has 2 rings (SSSR count). The number of hydrogen-bond donors (Lipinski definition) is 1. The van der Waals surface area contributed by atoms with Gasteiger partial charge in [-0.05, 0) is 43.7 Å². The average molecular weight is 335 g/mol. The molecule has 0 aliphatic carbocycles. The number of hydrogen-bond acceptors (Lipinski definition) is 3. The molecule has 0 saturated carbocycles. The number of nitrogens with one attached hydrogen (secondary N) is 1. The van der Waals surface area contributed by atoms with Gasteiger partial charge in [0.2, 0.25) is 0 Å². The second kappa shape index (κ2) is 7.29. The van der Waals surface area contributed by atoms with Crippen LogP contribution in [0.2, 0.25) is 0 Å². The summed E-state index contributed by atoms with van der Waals surface area (Å²) < 4.78 is 6.87. The summed E-state index contributed by atoms with van der Waals surface area (Å²) in [6, 6.07) is 12.1. The fourth-order valence-corrected chi connectivity index (χ4v) is 2.34. The van der Waals surface area contributed by atoms with Crippen LogP contribution in [0.25, 0.3) is 0 Å². The number of benzene rings is 1. The molecule has 0 aliphatic heterocycles. The maximum atomic E-state index is 5.80. The van der Waals surface area contributed by atoms with Gasteiger partial charge in [0.15, 0.2) is 0 Å². The molecule has 0 bridgehead atoms. The van der Waals surface area contributed by atoms with Crippen LogP contribution in [-0.2, 0) is 6.42 Å². The van der Waals surface area contributed by atoms with Crippen molar-refractivity contribution in [1.29, 1.82) is 0 Å². The lowest BCUT2D eigenvalue weighted by Gasteiger charge is -2.11. The first kappa shape index (κ1) is 14.9. The number of aromatic nitrogens is 1. The maximum Gasteiger partial charge on any atom is 0.140 e. The van der Waals surface area contributed by atoms with Gasteiger partial charge in [0.1, 0.15) is 12.4 Å². The van der Waals surface area contributed by atoms with Gasteiger partial charge in [0.25, 0.3) is 0 Å². The highest BCUT2D eigenvalue weighted by Gasteiger charge is 2.03. The summed E-state index contributed by atoms with van der Waals surface area (Å²) in [6.07, 6.45) is 0.885. The van der Waals surface area contributed by atoms with Crippen LogP contribution in [0.5, 0.6) is 5.75 Å². The number of nitrogens with zero attached hydrogens (tertiary/aromatic N) is 1. The van der Waals surface area contributed by atoms with Crippen molar-refractivity contribution in [2.75, 3.05) is 18.5 Å². The third kappa shape index (κ3) is 4.23. The van der Waals surface area contributed by atoms with Gasteiger partial charge in [0.05, 0.1) is 5.69 Å². The lowest BCUT2D eigenvalue weighted by molar-refractivity contribution is 0.327. The van der Waals surface area contributed by atoms with Crippen LogP contribution in [0.15, 0.2) is 40.9 Å². The zero-order valence-electron chi connectivity index (χ0n) is 11.8. The van der Waals surface area contributed by atoms with Gasteiger partial charge in [-0.15, -0.1) is 0 Å². The molecule has 0 fully saturated rings. The van der Waals surface area contributed by atoms with Gasteiger partial charge < -0.3 is 10.1 Å². The fourth-order valence-electron chi connectivity index (χ4n) is 1.94. The van der Waals surface area contributed by atoms with Crippen molar-refractivity contribution in [3.05, 3.63) is 52.3 Å². The number of anilines is 1. The van der Waals surface area contributed by atoms with Gasteiger partial charge in [-0.3, -0.25) is 4.98 Å². The molecule has 0 spiro atoms. The monoisotopic (exact) mass is 334 g/mol.